The number of thioether (sulfide) groups is 1. The summed E-state index contributed by atoms with van der Waals surface area (Å²) in [4.78, 5) is 12.5. The first-order valence-electron chi connectivity index (χ1n) is 4.39. The predicted molar refractivity (Wildman–Crippen MR) is 64.0 cm³/mol. The molecule has 0 fully saturated rings. The Morgan fingerprint density at radius 3 is 2.80 bits per heavy atom. The van der Waals surface area contributed by atoms with Crippen molar-refractivity contribution in [2.45, 2.75) is 11.8 Å². The van der Waals surface area contributed by atoms with Gasteiger partial charge in [0.15, 0.2) is 0 Å². The molecule has 0 unspecified atom stereocenters. The van der Waals surface area contributed by atoms with Crippen LogP contribution in [0.5, 0.6) is 0 Å². The quantitative estimate of drug-likeness (QED) is 0.715. The second kappa shape index (κ2) is 3.91. The van der Waals surface area contributed by atoms with Gasteiger partial charge in [-0.25, -0.2) is 0 Å². The van der Waals surface area contributed by atoms with E-state index >= 15 is 0 Å². The number of benzene rings is 1. The minimum absolute atomic E-state index is 0.0225. The van der Waals surface area contributed by atoms with Gasteiger partial charge >= 0.3 is 0 Å². The van der Waals surface area contributed by atoms with Gasteiger partial charge in [-0.3, -0.25) is 4.79 Å². The SMILES string of the molecule is CSc1coc2cc(C)c(Cl)cc2c1=O. The van der Waals surface area contributed by atoms with E-state index in [0.717, 1.165) is 5.56 Å². The Morgan fingerprint density at radius 1 is 1.40 bits per heavy atom. The Labute approximate surface area is 96.2 Å². The highest BCUT2D eigenvalue weighted by molar-refractivity contribution is 7.98. The molecule has 0 amide bonds. The highest BCUT2D eigenvalue weighted by Crippen LogP contribution is 2.23. The van der Waals surface area contributed by atoms with Gasteiger partial charge in [0.05, 0.1) is 10.3 Å². The summed E-state index contributed by atoms with van der Waals surface area (Å²) in [6.07, 6.45) is 3.33. The van der Waals surface area contributed by atoms with Gasteiger partial charge in [-0.05, 0) is 30.9 Å². The molecule has 78 valence electrons. The second-order valence-corrected chi connectivity index (χ2v) is 4.49. The fourth-order valence-corrected chi connectivity index (χ4v) is 1.98. The molecular formula is C11H9ClO2S. The van der Waals surface area contributed by atoms with E-state index in [2.05, 4.69) is 0 Å². The summed E-state index contributed by atoms with van der Waals surface area (Å²) < 4.78 is 5.37. The first kappa shape index (κ1) is 10.6. The molecule has 0 aliphatic rings. The fourth-order valence-electron chi connectivity index (χ4n) is 1.37. The number of halogens is 1. The third-order valence-electron chi connectivity index (χ3n) is 2.24. The largest absolute Gasteiger partial charge is 0.463 e. The summed E-state index contributed by atoms with van der Waals surface area (Å²) in [5.74, 6) is 0. The lowest BCUT2D eigenvalue weighted by Crippen LogP contribution is -2.03. The highest BCUT2D eigenvalue weighted by atomic mass is 35.5. The molecule has 1 heterocycles. The van der Waals surface area contributed by atoms with Crippen LogP contribution in [-0.4, -0.2) is 6.26 Å². The summed E-state index contributed by atoms with van der Waals surface area (Å²) >= 11 is 7.34. The van der Waals surface area contributed by atoms with E-state index in [0.29, 0.717) is 20.9 Å². The number of fused-ring (bicyclic) bond motifs is 1. The Balaban J connectivity index is 2.88. The lowest BCUT2D eigenvalue weighted by atomic mass is 10.1. The van der Waals surface area contributed by atoms with Gasteiger partial charge in [0.25, 0.3) is 0 Å². The smallest absolute Gasteiger partial charge is 0.206 e. The monoisotopic (exact) mass is 240 g/mol. The van der Waals surface area contributed by atoms with Crippen molar-refractivity contribution in [3.8, 4) is 0 Å². The summed E-state index contributed by atoms with van der Waals surface area (Å²) in [7, 11) is 0. The van der Waals surface area contributed by atoms with Crippen LogP contribution in [0.25, 0.3) is 11.0 Å². The van der Waals surface area contributed by atoms with E-state index in [1.165, 1.54) is 18.0 Å². The van der Waals surface area contributed by atoms with Crippen molar-refractivity contribution in [2.75, 3.05) is 6.26 Å². The first-order chi connectivity index (χ1) is 7.13. The Morgan fingerprint density at radius 2 is 2.13 bits per heavy atom. The van der Waals surface area contributed by atoms with Crippen molar-refractivity contribution in [1.29, 1.82) is 0 Å². The number of aryl methyl sites for hydroxylation is 1. The van der Waals surface area contributed by atoms with E-state index < -0.39 is 0 Å². The predicted octanol–water partition coefficient (Wildman–Crippen LogP) is 3.48. The lowest BCUT2D eigenvalue weighted by molar-refractivity contribution is 0.587. The molecule has 0 bridgehead atoms. The minimum atomic E-state index is -0.0225. The van der Waals surface area contributed by atoms with Crippen molar-refractivity contribution in [3.63, 3.8) is 0 Å². The summed E-state index contributed by atoms with van der Waals surface area (Å²) in [5, 5.41) is 1.13. The Kier molecular flexibility index (Phi) is 2.76. The van der Waals surface area contributed by atoms with Crippen LogP contribution in [0.1, 0.15) is 5.56 Å². The van der Waals surface area contributed by atoms with Crippen molar-refractivity contribution in [1.82, 2.24) is 0 Å². The molecule has 4 heteroatoms. The molecular weight excluding hydrogens is 232 g/mol. The molecule has 1 aromatic heterocycles. The van der Waals surface area contributed by atoms with Gasteiger partial charge in [-0.1, -0.05) is 11.6 Å². The molecule has 0 N–H and O–H groups in total. The summed E-state index contributed by atoms with van der Waals surface area (Å²) in [6, 6.07) is 3.45. The molecule has 0 saturated heterocycles. The average molecular weight is 241 g/mol. The second-order valence-electron chi connectivity index (χ2n) is 3.23. The van der Waals surface area contributed by atoms with Gasteiger partial charge in [0, 0.05) is 5.02 Å². The van der Waals surface area contributed by atoms with Crippen molar-refractivity contribution in [2.24, 2.45) is 0 Å². The molecule has 0 atom stereocenters. The minimum Gasteiger partial charge on any atom is -0.463 e. The normalized spacial score (nSPS) is 10.9. The molecule has 0 saturated carbocycles. The highest BCUT2D eigenvalue weighted by Gasteiger charge is 2.08. The zero-order chi connectivity index (χ0) is 11.0. The molecule has 2 rings (SSSR count). The van der Waals surface area contributed by atoms with Crippen LogP contribution in [0, 0.1) is 6.92 Å². The third kappa shape index (κ3) is 1.77. The van der Waals surface area contributed by atoms with Crippen LogP contribution in [0.4, 0.5) is 0 Å². The van der Waals surface area contributed by atoms with Crippen molar-refractivity contribution < 1.29 is 4.42 Å². The maximum absolute atomic E-state index is 11.9. The van der Waals surface area contributed by atoms with E-state index in [-0.39, 0.29) is 5.43 Å². The standard InChI is InChI=1S/C11H9ClO2S/c1-6-3-9-7(4-8(6)12)11(13)10(15-2)5-14-9/h3-5H,1-2H3. The van der Waals surface area contributed by atoms with Crippen LogP contribution in [0.15, 0.2) is 32.5 Å². The maximum Gasteiger partial charge on any atom is 0.206 e. The van der Waals surface area contributed by atoms with Crippen LogP contribution in [0.2, 0.25) is 5.02 Å². The van der Waals surface area contributed by atoms with E-state index in [1.807, 2.05) is 13.2 Å². The molecule has 1 aromatic carbocycles. The summed E-state index contributed by atoms with van der Waals surface area (Å²) in [5.41, 5.74) is 1.47. The van der Waals surface area contributed by atoms with Crippen LogP contribution >= 0.6 is 23.4 Å². The Bertz CT molecular complexity index is 575. The van der Waals surface area contributed by atoms with Crippen molar-refractivity contribution >= 4 is 34.3 Å². The van der Waals surface area contributed by atoms with Crippen LogP contribution in [-0.2, 0) is 0 Å². The fraction of sp³-hybridized carbons (Fsp3) is 0.182. The van der Waals surface area contributed by atoms with Gasteiger partial charge in [0.2, 0.25) is 5.43 Å². The van der Waals surface area contributed by atoms with Crippen LogP contribution in [0.3, 0.4) is 0 Å². The summed E-state index contributed by atoms with van der Waals surface area (Å²) in [6.45, 7) is 1.88. The number of hydrogen-bond acceptors (Lipinski definition) is 3. The van der Waals surface area contributed by atoms with Gasteiger partial charge < -0.3 is 4.42 Å². The van der Waals surface area contributed by atoms with Gasteiger partial charge in [0.1, 0.15) is 11.8 Å². The van der Waals surface area contributed by atoms with Gasteiger partial charge in [-0.15, -0.1) is 11.8 Å². The number of rotatable bonds is 1. The molecule has 0 aliphatic carbocycles. The average Bonchev–Trinajstić information content (AvgIpc) is 2.22. The van der Waals surface area contributed by atoms with E-state index in [9.17, 15) is 4.79 Å². The topological polar surface area (TPSA) is 30.2 Å². The van der Waals surface area contributed by atoms with Gasteiger partial charge in [-0.2, -0.15) is 0 Å². The molecule has 2 aromatic rings. The maximum atomic E-state index is 11.9. The zero-order valence-corrected chi connectivity index (χ0v) is 9.91. The molecule has 15 heavy (non-hydrogen) atoms. The molecule has 0 spiro atoms. The first-order valence-corrected chi connectivity index (χ1v) is 5.99. The molecule has 2 nitrogen and oxygen atoms in total. The van der Waals surface area contributed by atoms with E-state index in [1.54, 1.807) is 12.1 Å². The molecule has 0 radical (unpaired) electrons. The van der Waals surface area contributed by atoms with Crippen molar-refractivity contribution in [3.05, 3.63) is 39.2 Å². The van der Waals surface area contributed by atoms with E-state index in [4.69, 9.17) is 16.0 Å². The Hall–Kier alpha value is -0.930. The number of hydrogen-bond donors (Lipinski definition) is 0. The molecule has 0 aliphatic heterocycles. The lowest BCUT2D eigenvalue weighted by Gasteiger charge is -2.02. The third-order valence-corrected chi connectivity index (χ3v) is 3.37. The zero-order valence-electron chi connectivity index (χ0n) is 8.33. The van der Waals surface area contributed by atoms with Crippen LogP contribution < -0.4 is 5.43 Å².